The van der Waals surface area contributed by atoms with Crippen LogP contribution in [0.25, 0.3) is 0 Å². The number of nitrogens with one attached hydrogen (secondary N) is 2. The van der Waals surface area contributed by atoms with E-state index in [1.807, 2.05) is 0 Å². The maximum atomic E-state index is 13.4. The fraction of sp³-hybridized carbons (Fsp3) is 0.444. The monoisotopic (exact) mass is 411 g/mol. The molecule has 10 heteroatoms. The molecule has 2 bridgehead atoms. The topological polar surface area (TPSA) is 106 Å². The summed E-state index contributed by atoms with van der Waals surface area (Å²) >= 11 is 5.61. The molecule has 0 spiro atoms. The number of carbonyl (C=O) groups excluding carboxylic acids is 1. The number of ether oxygens (including phenoxy) is 2. The number of nitrogens with zero attached hydrogens (tertiary/aromatic N) is 1. The van der Waals surface area contributed by atoms with Gasteiger partial charge in [-0.05, 0) is 36.6 Å². The molecular formula is C18H19ClFN3O5. The molecule has 3 saturated carbocycles. The van der Waals surface area contributed by atoms with Crippen molar-refractivity contribution in [2.24, 2.45) is 0 Å². The summed E-state index contributed by atoms with van der Waals surface area (Å²) in [6.07, 6.45) is 1.05. The third-order valence-electron chi connectivity index (χ3n) is 5.12. The number of halogens is 2. The number of aromatic nitrogens is 1. The minimum absolute atomic E-state index is 0.00516. The second-order valence-corrected chi connectivity index (χ2v) is 7.73. The molecule has 3 N–H and O–H groups in total. The molecule has 2 aromatic rings. The minimum Gasteiger partial charge on any atom is -0.484 e. The van der Waals surface area contributed by atoms with Gasteiger partial charge in [0.05, 0.1) is 12.1 Å². The quantitative estimate of drug-likeness (QED) is 0.570. The summed E-state index contributed by atoms with van der Waals surface area (Å²) < 4.78 is 28.6. The summed E-state index contributed by atoms with van der Waals surface area (Å²) in [6, 6.07) is 5.52. The van der Waals surface area contributed by atoms with E-state index in [0.29, 0.717) is 19.3 Å². The number of methoxy groups -OCH3 is 1. The molecule has 28 heavy (non-hydrogen) atoms. The Kier molecular flexibility index (Phi) is 4.68. The van der Waals surface area contributed by atoms with Gasteiger partial charge in [-0.1, -0.05) is 11.6 Å². The zero-order valence-corrected chi connectivity index (χ0v) is 15.8. The van der Waals surface area contributed by atoms with Crippen molar-refractivity contribution in [2.45, 2.75) is 36.6 Å². The predicted molar refractivity (Wildman–Crippen MR) is 95.5 cm³/mol. The molecule has 0 aliphatic heterocycles. The van der Waals surface area contributed by atoms with Gasteiger partial charge in [0, 0.05) is 23.2 Å². The molecule has 0 saturated heterocycles. The molecular weight excluding hydrogens is 393 g/mol. The number of hydrogen-bond donors (Lipinski definition) is 3. The van der Waals surface area contributed by atoms with Crippen LogP contribution in [0.5, 0.6) is 11.6 Å². The molecule has 3 aliphatic rings. The third-order valence-corrected chi connectivity index (χ3v) is 5.43. The third kappa shape index (κ3) is 3.52. The van der Waals surface area contributed by atoms with E-state index >= 15 is 0 Å². The summed E-state index contributed by atoms with van der Waals surface area (Å²) in [5.41, 5.74) is -0.537. The SMILES string of the molecule is COc1cc(C(O)NC23CC(NC(=O)COc4ccc(Cl)c(F)c4)(C2)C3)on1. The number of carbonyl (C=O) groups is 1. The molecule has 3 aliphatic carbocycles. The van der Waals surface area contributed by atoms with Gasteiger partial charge in [0.2, 0.25) is 0 Å². The van der Waals surface area contributed by atoms with Gasteiger partial charge >= 0.3 is 0 Å². The Labute approximate surface area is 164 Å². The van der Waals surface area contributed by atoms with Crippen molar-refractivity contribution in [1.82, 2.24) is 15.8 Å². The van der Waals surface area contributed by atoms with E-state index in [9.17, 15) is 14.3 Å². The first kappa shape index (κ1) is 19.0. The highest BCUT2D eigenvalue weighted by Crippen LogP contribution is 2.61. The van der Waals surface area contributed by atoms with E-state index in [1.165, 1.54) is 25.3 Å². The highest BCUT2D eigenvalue weighted by molar-refractivity contribution is 6.30. The van der Waals surface area contributed by atoms with Crippen molar-refractivity contribution in [3.05, 3.63) is 40.9 Å². The standard InChI is InChI=1S/C18H19ClFN3O5/c1-26-15-5-13(28-23-15)16(25)22-18-7-17(8-18,9-18)21-14(24)6-27-10-2-3-11(19)12(20)4-10/h2-5,16,22,25H,6-9H2,1H3,(H,21,24). The molecule has 8 nitrogen and oxygen atoms in total. The van der Waals surface area contributed by atoms with E-state index in [4.69, 9.17) is 25.6 Å². The van der Waals surface area contributed by atoms with Gasteiger partial charge in [-0.25, -0.2) is 4.39 Å². The number of aliphatic hydroxyl groups excluding tert-OH is 1. The Bertz CT molecular complexity index is 885. The number of hydrogen-bond acceptors (Lipinski definition) is 7. The Balaban J connectivity index is 1.23. The second-order valence-electron chi connectivity index (χ2n) is 7.32. The first-order valence-electron chi connectivity index (χ1n) is 8.67. The average molecular weight is 412 g/mol. The zero-order valence-electron chi connectivity index (χ0n) is 15.0. The van der Waals surface area contributed by atoms with Crippen LogP contribution < -0.4 is 20.1 Å². The highest BCUT2D eigenvalue weighted by Gasteiger charge is 2.69. The summed E-state index contributed by atoms with van der Waals surface area (Å²) in [6.45, 7) is -0.219. The van der Waals surface area contributed by atoms with Gasteiger partial charge in [0.25, 0.3) is 11.8 Å². The van der Waals surface area contributed by atoms with E-state index in [0.717, 1.165) is 6.07 Å². The van der Waals surface area contributed by atoms with Crippen molar-refractivity contribution in [2.75, 3.05) is 13.7 Å². The average Bonchev–Trinajstić information content (AvgIpc) is 3.09. The highest BCUT2D eigenvalue weighted by atomic mass is 35.5. The van der Waals surface area contributed by atoms with Crippen LogP contribution in [0.3, 0.4) is 0 Å². The summed E-state index contributed by atoms with van der Waals surface area (Å²) in [5, 5.41) is 19.9. The number of amides is 1. The lowest BCUT2D eigenvalue weighted by Gasteiger charge is -2.71. The number of rotatable bonds is 8. The van der Waals surface area contributed by atoms with Crippen molar-refractivity contribution in [3.63, 3.8) is 0 Å². The van der Waals surface area contributed by atoms with E-state index in [-0.39, 0.29) is 46.0 Å². The fourth-order valence-electron chi connectivity index (χ4n) is 3.98. The lowest BCUT2D eigenvalue weighted by atomic mass is 9.44. The van der Waals surface area contributed by atoms with Crippen LogP contribution in [0.4, 0.5) is 4.39 Å². The van der Waals surface area contributed by atoms with Crippen LogP contribution in [-0.2, 0) is 4.79 Å². The van der Waals surface area contributed by atoms with Crippen LogP contribution in [0.1, 0.15) is 31.3 Å². The van der Waals surface area contributed by atoms with Crippen molar-refractivity contribution >= 4 is 17.5 Å². The Morgan fingerprint density at radius 2 is 2.14 bits per heavy atom. The fourth-order valence-corrected chi connectivity index (χ4v) is 4.10. The lowest BCUT2D eigenvalue weighted by molar-refractivity contribution is -0.152. The molecule has 1 heterocycles. The molecule has 0 radical (unpaired) electrons. The Morgan fingerprint density at radius 1 is 1.39 bits per heavy atom. The zero-order chi connectivity index (χ0) is 19.9. The van der Waals surface area contributed by atoms with Crippen LogP contribution in [-0.4, -0.2) is 41.0 Å². The Morgan fingerprint density at radius 3 is 2.79 bits per heavy atom. The molecule has 3 fully saturated rings. The first-order chi connectivity index (χ1) is 13.3. The molecule has 1 amide bonds. The smallest absolute Gasteiger partial charge is 0.258 e. The summed E-state index contributed by atoms with van der Waals surface area (Å²) in [7, 11) is 1.46. The second kappa shape index (κ2) is 6.91. The van der Waals surface area contributed by atoms with E-state index in [1.54, 1.807) is 0 Å². The van der Waals surface area contributed by atoms with Gasteiger partial charge in [0.15, 0.2) is 18.6 Å². The summed E-state index contributed by atoms with van der Waals surface area (Å²) in [4.78, 5) is 12.1. The molecule has 1 aromatic heterocycles. The number of benzene rings is 1. The molecule has 150 valence electrons. The van der Waals surface area contributed by atoms with Gasteiger partial charge in [-0.3, -0.25) is 10.1 Å². The lowest BCUT2D eigenvalue weighted by Crippen LogP contribution is -2.83. The van der Waals surface area contributed by atoms with Gasteiger partial charge in [0.1, 0.15) is 11.6 Å². The predicted octanol–water partition coefficient (Wildman–Crippen LogP) is 1.93. The van der Waals surface area contributed by atoms with Crippen molar-refractivity contribution < 1.29 is 28.3 Å². The minimum atomic E-state index is -1.01. The normalized spacial score (nSPS) is 26.0. The van der Waals surface area contributed by atoms with Crippen molar-refractivity contribution in [1.29, 1.82) is 0 Å². The van der Waals surface area contributed by atoms with E-state index < -0.39 is 12.0 Å². The first-order valence-corrected chi connectivity index (χ1v) is 9.05. The Hall–Kier alpha value is -2.36. The van der Waals surface area contributed by atoms with Gasteiger partial charge < -0.3 is 24.4 Å². The van der Waals surface area contributed by atoms with Crippen LogP contribution >= 0.6 is 11.6 Å². The van der Waals surface area contributed by atoms with Crippen molar-refractivity contribution in [3.8, 4) is 11.6 Å². The molecule has 1 atom stereocenters. The van der Waals surface area contributed by atoms with Gasteiger partial charge in [-0.15, -0.1) is 0 Å². The number of aliphatic hydroxyl groups is 1. The summed E-state index contributed by atoms with van der Waals surface area (Å²) in [5.74, 6) is -0.0986. The van der Waals surface area contributed by atoms with E-state index in [2.05, 4.69) is 15.8 Å². The molecule has 1 aromatic carbocycles. The van der Waals surface area contributed by atoms with Crippen LogP contribution in [0.2, 0.25) is 5.02 Å². The maximum absolute atomic E-state index is 13.4. The van der Waals surface area contributed by atoms with Crippen LogP contribution in [0, 0.1) is 5.82 Å². The largest absolute Gasteiger partial charge is 0.484 e. The van der Waals surface area contributed by atoms with Gasteiger partial charge in [-0.2, -0.15) is 0 Å². The molecule has 1 unspecified atom stereocenters. The van der Waals surface area contributed by atoms with Crippen LogP contribution in [0.15, 0.2) is 28.8 Å². The maximum Gasteiger partial charge on any atom is 0.258 e. The molecule has 5 rings (SSSR count).